The summed E-state index contributed by atoms with van der Waals surface area (Å²) in [5.74, 6) is 1.58. The second-order valence-electron chi connectivity index (χ2n) is 6.13. The van der Waals surface area contributed by atoms with Gasteiger partial charge in [-0.05, 0) is 30.9 Å². The van der Waals surface area contributed by atoms with E-state index in [4.69, 9.17) is 34.7 Å². The molecular formula is C17H21Cl2N5. The Morgan fingerprint density at radius 3 is 2.67 bits per heavy atom. The standard InChI is InChI=1S/C17H21Cl2N5/c1-2-13(20)10-6-7-24(9-10)14-8-22-16(17(21)23-14)15-11(18)4-3-5-12(15)19/h3-5,8,10,13H,2,6-7,9,20H2,1H3,(H2,21,23). The number of halogens is 2. The Bertz CT molecular complexity index is 717. The maximum absolute atomic E-state index is 6.24. The van der Waals surface area contributed by atoms with Crippen LogP contribution in [-0.4, -0.2) is 29.1 Å². The maximum Gasteiger partial charge on any atom is 0.152 e. The van der Waals surface area contributed by atoms with Crippen molar-refractivity contribution in [2.45, 2.75) is 25.8 Å². The zero-order valence-corrected chi connectivity index (χ0v) is 15.1. The summed E-state index contributed by atoms with van der Waals surface area (Å²) in [6.45, 7) is 3.92. The average molecular weight is 366 g/mol. The van der Waals surface area contributed by atoms with Gasteiger partial charge in [-0.3, -0.25) is 0 Å². The highest BCUT2D eigenvalue weighted by molar-refractivity contribution is 6.39. The molecular weight excluding hydrogens is 345 g/mol. The van der Waals surface area contributed by atoms with Gasteiger partial charge in [0.25, 0.3) is 0 Å². The Kier molecular flexibility index (Phi) is 5.13. The molecule has 1 aliphatic rings. The van der Waals surface area contributed by atoms with Gasteiger partial charge in [-0.1, -0.05) is 36.2 Å². The first kappa shape index (κ1) is 17.3. The van der Waals surface area contributed by atoms with E-state index in [2.05, 4.69) is 21.8 Å². The quantitative estimate of drug-likeness (QED) is 0.864. The molecule has 2 atom stereocenters. The molecule has 0 aliphatic carbocycles. The maximum atomic E-state index is 6.24. The van der Waals surface area contributed by atoms with Crippen LogP contribution in [0.1, 0.15) is 19.8 Å². The van der Waals surface area contributed by atoms with Gasteiger partial charge in [0.2, 0.25) is 0 Å². The van der Waals surface area contributed by atoms with Crippen LogP contribution in [0.25, 0.3) is 11.3 Å². The van der Waals surface area contributed by atoms with Crippen molar-refractivity contribution in [1.82, 2.24) is 9.97 Å². The Balaban J connectivity index is 1.86. The summed E-state index contributed by atoms with van der Waals surface area (Å²) in [4.78, 5) is 11.2. The highest BCUT2D eigenvalue weighted by Gasteiger charge is 2.28. The Morgan fingerprint density at radius 2 is 2.04 bits per heavy atom. The largest absolute Gasteiger partial charge is 0.382 e. The second kappa shape index (κ2) is 7.13. The lowest BCUT2D eigenvalue weighted by atomic mass is 9.98. The van der Waals surface area contributed by atoms with E-state index in [0.717, 1.165) is 31.7 Å². The summed E-state index contributed by atoms with van der Waals surface area (Å²) >= 11 is 12.5. The molecule has 0 saturated carbocycles. The van der Waals surface area contributed by atoms with E-state index >= 15 is 0 Å². The van der Waals surface area contributed by atoms with Gasteiger partial charge in [-0.25, -0.2) is 9.97 Å². The van der Waals surface area contributed by atoms with Crippen molar-refractivity contribution in [2.24, 2.45) is 11.7 Å². The molecule has 1 aromatic heterocycles. The van der Waals surface area contributed by atoms with Crippen LogP contribution in [0.15, 0.2) is 24.4 Å². The van der Waals surface area contributed by atoms with Crippen molar-refractivity contribution in [3.63, 3.8) is 0 Å². The average Bonchev–Trinajstić information content (AvgIpc) is 3.05. The molecule has 0 bridgehead atoms. The molecule has 2 unspecified atom stereocenters. The number of hydrogen-bond acceptors (Lipinski definition) is 5. The van der Waals surface area contributed by atoms with Crippen LogP contribution >= 0.6 is 23.2 Å². The molecule has 2 heterocycles. The predicted octanol–water partition coefficient (Wildman–Crippen LogP) is 3.60. The summed E-state index contributed by atoms with van der Waals surface area (Å²) in [7, 11) is 0. The summed E-state index contributed by atoms with van der Waals surface area (Å²) in [5, 5.41) is 1.01. The molecule has 2 aromatic rings. The zero-order valence-electron chi connectivity index (χ0n) is 13.5. The highest BCUT2D eigenvalue weighted by atomic mass is 35.5. The van der Waals surface area contributed by atoms with Gasteiger partial charge in [-0.2, -0.15) is 0 Å². The van der Waals surface area contributed by atoms with Crippen molar-refractivity contribution in [3.8, 4) is 11.3 Å². The van der Waals surface area contributed by atoms with E-state index < -0.39 is 0 Å². The molecule has 1 saturated heterocycles. The molecule has 4 N–H and O–H groups in total. The fourth-order valence-electron chi connectivity index (χ4n) is 3.14. The lowest BCUT2D eigenvalue weighted by Gasteiger charge is -2.20. The molecule has 128 valence electrons. The SMILES string of the molecule is CCC(N)C1CCN(c2cnc(-c3c(Cl)cccc3Cl)c(N)n2)C1. The Labute approximate surface area is 152 Å². The molecule has 1 aliphatic heterocycles. The van der Waals surface area contributed by atoms with Gasteiger partial charge in [-0.15, -0.1) is 0 Å². The Hall–Kier alpha value is -1.56. The number of anilines is 2. The molecule has 0 spiro atoms. The lowest BCUT2D eigenvalue weighted by Crippen LogP contribution is -2.32. The van der Waals surface area contributed by atoms with E-state index in [-0.39, 0.29) is 6.04 Å². The van der Waals surface area contributed by atoms with E-state index in [1.807, 2.05) is 0 Å². The van der Waals surface area contributed by atoms with Crippen molar-refractivity contribution in [3.05, 3.63) is 34.4 Å². The van der Waals surface area contributed by atoms with Gasteiger partial charge in [0.1, 0.15) is 11.5 Å². The first-order chi connectivity index (χ1) is 11.5. The number of nitrogens with two attached hydrogens (primary N) is 2. The minimum absolute atomic E-state index is 0.224. The van der Waals surface area contributed by atoms with Gasteiger partial charge in [0, 0.05) is 24.7 Å². The van der Waals surface area contributed by atoms with Crippen molar-refractivity contribution in [2.75, 3.05) is 23.7 Å². The summed E-state index contributed by atoms with van der Waals surface area (Å²) in [5.41, 5.74) is 13.4. The summed E-state index contributed by atoms with van der Waals surface area (Å²) in [6, 6.07) is 5.53. The number of benzene rings is 1. The van der Waals surface area contributed by atoms with Crippen LogP contribution in [-0.2, 0) is 0 Å². The third-order valence-electron chi connectivity index (χ3n) is 4.61. The van der Waals surface area contributed by atoms with Crippen molar-refractivity contribution >= 4 is 34.8 Å². The molecule has 7 heteroatoms. The Morgan fingerprint density at radius 1 is 1.33 bits per heavy atom. The molecule has 1 fully saturated rings. The van der Waals surface area contributed by atoms with Crippen LogP contribution < -0.4 is 16.4 Å². The summed E-state index contributed by atoms with van der Waals surface area (Å²) < 4.78 is 0. The van der Waals surface area contributed by atoms with Crippen LogP contribution in [0.4, 0.5) is 11.6 Å². The fourth-order valence-corrected chi connectivity index (χ4v) is 3.72. The van der Waals surface area contributed by atoms with Gasteiger partial charge in [0.15, 0.2) is 5.82 Å². The number of rotatable bonds is 4. The van der Waals surface area contributed by atoms with E-state index in [1.54, 1.807) is 24.4 Å². The number of hydrogen-bond donors (Lipinski definition) is 2. The molecule has 0 radical (unpaired) electrons. The first-order valence-corrected chi connectivity index (χ1v) is 8.84. The van der Waals surface area contributed by atoms with E-state index in [0.29, 0.717) is 33.0 Å². The molecule has 3 rings (SSSR count). The highest BCUT2D eigenvalue weighted by Crippen LogP contribution is 2.36. The minimum Gasteiger partial charge on any atom is -0.382 e. The van der Waals surface area contributed by atoms with Crippen LogP contribution in [0.3, 0.4) is 0 Å². The summed E-state index contributed by atoms with van der Waals surface area (Å²) in [6.07, 6.45) is 3.77. The fraction of sp³-hybridized carbons (Fsp3) is 0.412. The van der Waals surface area contributed by atoms with E-state index in [9.17, 15) is 0 Å². The van der Waals surface area contributed by atoms with Crippen molar-refractivity contribution < 1.29 is 0 Å². The number of nitrogen functional groups attached to an aromatic ring is 1. The van der Waals surface area contributed by atoms with Gasteiger partial charge in [0.05, 0.1) is 16.2 Å². The number of aromatic nitrogens is 2. The second-order valence-corrected chi connectivity index (χ2v) is 6.94. The van der Waals surface area contributed by atoms with Gasteiger partial charge >= 0.3 is 0 Å². The molecule has 5 nitrogen and oxygen atoms in total. The van der Waals surface area contributed by atoms with Crippen LogP contribution in [0.2, 0.25) is 10.0 Å². The van der Waals surface area contributed by atoms with E-state index in [1.165, 1.54) is 0 Å². The topological polar surface area (TPSA) is 81.1 Å². The first-order valence-electron chi connectivity index (χ1n) is 8.08. The van der Waals surface area contributed by atoms with Crippen LogP contribution in [0.5, 0.6) is 0 Å². The molecule has 0 amide bonds. The molecule has 24 heavy (non-hydrogen) atoms. The lowest BCUT2D eigenvalue weighted by molar-refractivity contribution is 0.447. The zero-order chi connectivity index (χ0) is 17.3. The molecule has 1 aromatic carbocycles. The smallest absolute Gasteiger partial charge is 0.152 e. The predicted molar refractivity (Wildman–Crippen MR) is 100 cm³/mol. The monoisotopic (exact) mass is 365 g/mol. The van der Waals surface area contributed by atoms with Crippen molar-refractivity contribution in [1.29, 1.82) is 0 Å². The third-order valence-corrected chi connectivity index (χ3v) is 5.24. The third kappa shape index (κ3) is 3.29. The normalized spacial score (nSPS) is 18.8. The van der Waals surface area contributed by atoms with Gasteiger partial charge < -0.3 is 16.4 Å². The minimum atomic E-state index is 0.224. The van der Waals surface area contributed by atoms with Crippen LogP contribution in [0, 0.1) is 5.92 Å². The number of nitrogens with zero attached hydrogens (tertiary/aromatic N) is 3.